The zero-order chi connectivity index (χ0) is 13.8. The molecule has 2 aromatic rings. The van der Waals surface area contributed by atoms with Crippen molar-refractivity contribution in [2.75, 3.05) is 6.54 Å². The highest BCUT2D eigenvalue weighted by molar-refractivity contribution is 5.94. The van der Waals surface area contributed by atoms with Gasteiger partial charge in [0.15, 0.2) is 0 Å². The van der Waals surface area contributed by atoms with Crippen molar-refractivity contribution in [3.63, 3.8) is 0 Å². The first-order valence-electron chi connectivity index (χ1n) is 6.09. The predicted molar refractivity (Wildman–Crippen MR) is 70.4 cm³/mol. The lowest BCUT2D eigenvalue weighted by Gasteiger charge is -2.05. The third-order valence-corrected chi connectivity index (χ3v) is 2.80. The lowest BCUT2D eigenvalue weighted by molar-refractivity contribution is 0.0950. The molecule has 100 valence electrons. The number of aromatic nitrogens is 2. The van der Waals surface area contributed by atoms with E-state index in [-0.39, 0.29) is 5.56 Å². The van der Waals surface area contributed by atoms with E-state index >= 15 is 0 Å². The zero-order valence-corrected chi connectivity index (χ0v) is 11.0. The number of nitrogens with one attached hydrogen (secondary N) is 1. The molecule has 0 radical (unpaired) electrons. The lowest BCUT2D eigenvalue weighted by Crippen LogP contribution is -2.26. The Kier molecular flexibility index (Phi) is 3.94. The van der Waals surface area contributed by atoms with Crippen LogP contribution in [0.2, 0.25) is 0 Å². The standard InChI is InChI=1S/C14H16FN3O/c1-10-3-4-12(13(15)9-10)14(19)16-7-5-11-6-8-18(2)17-11/h3-4,6,8-9H,5,7H2,1-2H3,(H,16,19). The van der Waals surface area contributed by atoms with Gasteiger partial charge in [-0.1, -0.05) is 6.07 Å². The number of hydrogen-bond donors (Lipinski definition) is 1. The number of aryl methyl sites for hydroxylation is 2. The molecule has 0 aliphatic carbocycles. The summed E-state index contributed by atoms with van der Waals surface area (Å²) in [5.41, 5.74) is 1.77. The van der Waals surface area contributed by atoms with E-state index in [9.17, 15) is 9.18 Å². The number of carbonyl (C=O) groups excluding carboxylic acids is 1. The average molecular weight is 261 g/mol. The number of halogens is 1. The smallest absolute Gasteiger partial charge is 0.254 e. The fourth-order valence-corrected chi connectivity index (χ4v) is 1.80. The molecule has 0 saturated heterocycles. The first-order chi connectivity index (χ1) is 9.06. The highest BCUT2D eigenvalue weighted by atomic mass is 19.1. The van der Waals surface area contributed by atoms with Crippen LogP contribution in [0.1, 0.15) is 21.6 Å². The Balaban J connectivity index is 1.90. The summed E-state index contributed by atoms with van der Waals surface area (Å²) in [6, 6.07) is 6.46. The van der Waals surface area contributed by atoms with Gasteiger partial charge in [-0.05, 0) is 30.7 Å². The Morgan fingerprint density at radius 3 is 2.84 bits per heavy atom. The molecule has 1 heterocycles. The second-order valence-corrected chi connectivity index (χ2v) is 4.47. The molecule has 2 rings (SSSR count). The van der Waals surface area contributed by atoms with Gasteiger partial charge in [-0.15, -0.1) is 0 Å². The maximum absolute atomic E-state index is 13.6. The minimum absolute atomic E-state index is 0.0756. The molecular weight excluding hydrogens is 245 g/mol. The van der Waals surface area contributed by atoms with Crippen LogP contribution in [-0.4, -0.2) is 22.2 Å². The number of nitrogens with zero attached hydrogens (tertiary/aromatic N) is 2. The van der Waals surface area contributed by atoms with E-state index in [2.05, 4.69) is 10.4 Å². The van der Waals surface area contributed by atoms with E-state index in [1.165, 1.54) is 12.1 Å². The molecule has 0 saturated carbocycles. The van der Waals surface area contributed by atoms with E-state index < -0.39 is 11.7 Å². The number of amides is 1. The predicted octanol–water partition coefficient (Wildman–Crippen LogP) is 1.84. The van der Waals surface area contributed by atoms with Crippen LogP contribution < -0.4 is 5.32 Å². The number of benzene rings is 1. The molecule has 5 heteroatoms. The summed E-state index contributed by atoms with van der Waals surface area (Å²) in [7, 11) is 1.84. The van der Waals surface area contributed by atoms with E-state index in [0.29, 0.717) is 13.0 Å². The van der Waals surface area contributed by atoms with Gasteiger partial charge in [-0.25, -0.2) is 4.39 Å². The highest BCUT2D eigenvalue weighted by Crippen LogP contribution is 2.09. The van der Waals surface area contributed by atoms with Gasteiger partial charge < -0.3 is 5.32 Å². The van der Waals surface area contributed by atoms with Crippen LogP contribution in [0.4, 0.5) is 4.39 Å². The number of hydrogen-bond acceptors (Lipinski definition) is 2. The molecule has 0 atom stereocenters. The van der Waals surface area contributed by atoms with Crippen molar-refractivity contribution >= 4 is 5.91 Å². The van der Waals surface area contributed by atoms with Crippen molar-refractivity contribution in [2.45, 2.75) is 13.3 Å². The summed E-state index contributed by atoms with van der Waals surface area (Å²) in [6.07, 6.45) is 2.47. The van der Waals surface area contributed by atoms with Crippen LogP contribution in [0.15, 0.2) is 30.5 Å². The summed E-state index contributed by atoms with van der Waals surface area (Å²) in [4.78, 5) is 11.8. The van der Waals surface area contributed by atoms with Crippen LogP contribution in [0.3, 0.4) is 0 Å². The molecule has 0 spiro atoms. The molecule has 1 N–H and O–H groups in total. The van der Waals surface area contributed by atoms with Crippen LogP contribution in [0, 0.1) is 12.7 Å². The fraction of sp³-hybridized carbons (Fsp3) is 0.286. The Morgan fingerprint density at radius 1 is 1.42 bits per heavy atom. The van der Waals surface area contributed by atoms with Crippen molar-refractivity contribution in [2.24, 2.45) is 7.05 Å². The minimum atomic E-state index is -0.490. The van der Waals surface area contributed by atoms with Crippen LogP contribution >= 0.6 is 0 Å². The summed E-state index contributed by atoms with van der Waals surface area (Å²) in [5.74, 6) is -0.885. The highest BCUT2D eigenvalue weighted by Gasteiger charge is 2.11. The first-order valence-corrected chi connectivity index (χ1v) is 6.09. The molecule has 1 aromatic heterocycles. The molecule has 0 aliphatic heterocycles. The molecule has 0 bridgehead atoms. The number of rotatable bonds is 4. The van der Waals surface area contributed by atoms with Gasteiger partial charge in [-0.2, -0.15) is 5.10 Å². The quantitative estimate of drug-likeness (QED) is 0.913. The normalized spacial score (nSPS) is 10.5. The third kappa shape index (κ3) is 3.40. The Bertz CT molecular complexity index is 592. The van der Waals surface area contributed by atoms with Crippen molar-refractivity contribution < 1.29 is 9.18 Å². The van der Waals surface area contributed by atoms with Gasteiger partial charge in [-0.3, -0.25) is 9.48 Å². The second-order valence-electron chi connectivity index (χ2n) is 4.47. The largest absolute Gasteiger partial charge is 0.352 e. The third-order valence-electron chi connectivity index (χ3n) is 2.80. The minimum Gasteiger partial charge on any atom is -0.352 e. The molecule has 0 unspecified atom stereocenters. The lowest BCUT2D eigenvalue weighted by atomic mass is 10.1. The van der Waals surface area contributed by atoms with Crippen molar-refractivity contribution in [1.29, 1.82) is 0 Å². The Morgan fingerprint density at radius 2 is 2.21 bits per heavy atom. The van der Waals surface area contributed by atoms with Gasteiger partial charge in [0, 0.05) is 26.2 Å². The topological polar surface area (TPSA) is 46.9 Å². The molecule has 0 fully saturated rings. The molecule has 1 amide bonds. The Labute approximate surface area is 111 Å². The SMILES string of the molecule is Cc1ccc(C(=O)NCCc2ccn(C)n2)c(F)c1. The molecule has 1 aromatic carbocycles. The van der Waals surface area contributed by atoms with Gasteiger partial charge >= 0.3 is 0 Å². The van der Waals surface area contributed by atoms with Crippen molar-refractivity contribution in [3.8, 4) is 0 Å². The zero-order valence-electron chi connectivity index (χ0n) is 11.0. The summed E-state index contributed by atoms with van der Waals surface area (Å²) >= 11 is 0. The molecule has 19 heavy (non-hydrogen) atoms. The van der Waals surface area contributed by atoms with E-state index in [4.69, 9.17) is 0 Å². The van der Waals surface area contributed by atoms with Gasteiger partial charge in [0.2, 0.25) is 0 Å². The Hall–Kier alpha value is -2.17. The van der Waals surface area contributed by atoms with Gasteiger partial charge in [0.1, 0.15) is 5.82 Å². The monoisotopic (exact) mass is 261 g/mol. The van der Waals surface area contributed by atoms with Crippen molar-refractivity contribution in [3.05, 3.63) is 53.1 Å². The van der Waals surface area contributed by atoms with E-state index in [1.54, 1.807) is 17.7 Å². The maximum atomic E-state index is 13.6. The van der Waals surface area contributed by atoms with E-state index in [1.807, 2.05) is 19.3 Å². The fourth-order valence-electron chi connectivity index (χ4n) is 1.80. The van der Waals surface area contributed by atoms with Gasteiger partial charge in [0.25, 0.3) is 5.91 Å². The van der Waals surface area contributed by atoms with Crippen LogP contribution in [0.25, 0.3) is 0 Å². The summed E-state index contributed by atoms with van der Waals surface area (Å²) in [5, 5.41) is 6.89. The van der Waals surface area contributed by atoms with Crippen LogP contribution in [-0.2, 0) is 13.5 Å². The number of carbonyl (C=O) groups is 1. The first kappa shape index (κ1) is 13.3. The summed E-state index contributed by atoms with van der Waals surface area (Å²) < 4.78 is 15.3. The molecule has 0 aliphatic rings. The summed E-state index contributed by atoms with van der Waals surface area (Å²) in [6.45, 7) is 2.22. The van der Waals surface area contributed by atoms with Crippen LogP contribution in [0.5, 0.6) is 0 Å². The average Bonchev–Trinajstić information content (AvgIpc) is 2.75. The molecular formula is C14H16FN3O. The molecule has 4 nitrogen and oxygen atoms in total. The maximum Gasteiger partial charge on any atom is 0.254 e. The van der Waals surface area contributed by atoms with E-state index in [0.717, 1.165) is 11.3 Å². The second kappa shape index (κ2) is 5.65. The van der Waals surface area contributed by atoms with Crippen molar-refractivity contribution in [1.82, 2.24) is 15.1 Å². The van der Waals surface area contributed by atoms with Gasteiger partial charge in [0.05, 0.1) is 11.3 Å².